The smallest absolute Gasteiger partial charge is 0.410 e. The third kappa shape index (κ3) is 4.96. The van der Waals surface area contributed by atoms with Gasteiger partial charge in [0.2, 0.25) is 0 Å². The van der Waals surface area contributed by atoms with Crippen LogP contribution in [0.2, 0.25) is 0 Å². The van der Waals surface area contributed by atoms with Crippen LogP contribution in [0.3, 0.4) is 0 Å². The van der Waals surface area contributed by atoms with Crippen LogP contribution in [0.4, 0.5) is 4.79 Å². The molecule has 1 aliphatic heterocycles. The zero-order valence-corrected chi connectivity index (χ0v) is 17.2. The maximum Gasteiger partial charge on any atom is 0.410 e. The number of carbonyl (C=O) groups is 1. The van der Waals surface area contributed by atoms with Gasteiger partial charge in [-0.2, -0.15) is 0 Å². The van der Waals surface area contributed by atoms with E-state index in [4.69, 9.17) is 4.74 Å². The highest BCUT2D eigenvalue weighted by Crippen LogP contribution is 2.23. The summed E-state index contributed by atoms with van der Waals surface area (Å²) in [5, 5.41) is 0. The van der Waals surface area contributed by atoms with Crippen LogP contribution in [0.5, 0.6) is 0 Å². The van der Waals surface area contributed by atoms with Crippen molar-refractivity contribution in [2.75, 3.05) is 19.6 Å². The summed E-state index contributed by atoms with van der Waals surface area (Å²) in [7, 11) is 0. The number of amides is 1. The summed E-state index contributed by atoms with van der Waals surface area (Å²) in [5.41, 5.74) is 3.56. The fourth-order valence-electron chi connectivity index (χ4n) is 3.18. The molecule has 5 heteroatoms. The number of aryl methyl sites for hydroxylation is 2. The molecular weight excluding hydrogens is 368 g/mol. The molecular formula is C19H29BrN2O2. The first kappa shape index (κ1) is 19.3. The van der Waals surface area contributed by atoms with E-state index in [0.717, 1.165) is 24.1 Å². The molecule has 1 aliphatic rings. The number of nitrogens with zero attached hydrogens (tertiary/aromatic N) is 2. The van der Waals surface area contributed by atoms with Crippen LogP contribution in [-0.2, 0) is 11.3 Å². The number of rotatable bonds is 2. The van der Waals surface area contributed by atoms with Gasteiger partial charge >= 0.3 is 6.09 Å². The molecule has 1 aromatic carbocycles. The topological polar surface area (TPSA) is 32.8 Å². The summed E-state index contributed by atoms with van der Waals surface area (Å²) < 4.78 is 6.64. The highest BCUT2D eigenvalue weighted by molar-refractivity contribution is 9.10. The van der Waals surface area contributed by atoms with Gasteiger partial charge in [0.15, 0.2) is 0 Å². The molecule has 2 rings (SSSR count). The van der Waals surface area contributed by atoms with Gasteiger partial charge in [-0.15, -0.1) is 0 Å². The van der Waals surface area contributed by atoms with Crippen molar-refractivity contribution in [3.63, 3.8) is 0 Å². The van der Waals surface area contributed by atoms with Crippen molar-refractivity contribution in [1.82, 2.24) is 9.80 Å². The van der Waals surface area contributed by atoms with E-state index in [1.807, 2.05) is 25.7 Å². The molecule has 0 N–H and O–H groups in total. The summed E-state index contributed by atoms with van der Waals surface area (Å²) in [6.07, 6.45) is -0.203. The molecule has 0 saturated carbocycles. The van der Waals surface area contributed by atoms with E-state index >= 15 is 0 Å². The van der Waals surface area contributed by atoms with E-state index in [1.54, 1.807) is 0 Å². The van der Waals surface area contributed by atoms with Gasteiger partial charge in [-0.1, -0.05) is 15.9 Å². The highest BCUT2D eigenvalue weighted by Gasteiger charge is 2.31. The Morgan fingerprint density at radius 3 is 2.33 bits per heavy atom. The Morgan fingerprint density at radius 1 is 1.25 bits per heavy atom. The number of benzene rings is 1. The van der Waals surface area contributed by atoms with Crippen molar-refractivity contribution in [2.24, 2.45) is 0 Å². The van der Waals surface area contributed by atoms with Crippen molar-refractivity contribution in [3.05, 3.63) is 33.3 Å². The molecule has 0 aliphatic carbocycles. The standard InChI is InChI=1S/C19H29BrN2O2/c1-13-9-16(20)10-14(2)17(13)12-21-7-8-22(15(3)11-21)18(23)24-19(4,5)6/h9-10,15H,7-8,11-12H2,1-6H3. The SMILES string of the molecule is Cc1cc(Br)cc(C)c1CN1CCN(C(=O)OC(C)(C)C)C(C)C1. The minimum absolute atomic E-state index is 0.157. The van der Waals surface area contributed by atoms with Gasteiger partial charge < -0.3 is 9.64 Å². The molecule has 0 aromatic heterocycles. The molecule has 1 unspecified atom stereocenters. The van der Waals surface area contributed by atoms with Crippen LogP contribution in [0.15, 0.2) is 16.6 Å². The second-order valence-electron chi connectivity index (χ2n) is 7.78. The number of hydrogen-bond acceptors (Lipinski definition) is 3. The predicted molar refractivity (Wildman–Crippen MR) is 101 cm³/mol. The molecule has 4 nitrogen and oxygen atoms in total. The summed E-state index contributed by atoms with van der Waals surface area (Å²) in [6, 6.07) is 4.50. The van der Waals surface area contributed by atoms with Gasteiger partial charge in [-0.05, 0) is 70.4 Å². The fraction of sp³-hybridized carbons (Fsp3) is 0.632. The van der Waals surface area contributed by atoms with Crippen molar-refractivity contribution >= 4 is 22.0 Å². The molecule has 1 amide bonds. The average Bonchev–Trinajstić information content (AvgIpc) is 2.40. The van der Waals surface area contributed by atoms with Gasteiger partial charge in [0, 0.05) is 36.7 Å². The van der Waals surface area contributed by atoms with E-state index in [9.17, 15) is 4.79 Å². The van der Waals surface area contributed by atoms with Crippen molar-refractivity contribution in [3.8, 4) is 0 Å². The summed E-state index contributed by atoms with van der Waals surface area (Å²) in [5.74, 6) is 0. The highest BCUT2D eigenvalue weighted by atomic mass is 79.9. The van der Waals surface area contributed by atoms with E-state index in [0.29, 0.717) is 6.54 Å². The summed E-state index contributed by atoms with van der Waals surface area (Å²) in [4.78, 5) is 16.6. The van der Waals surface area contributed by atoms with E-state index in [1.165, 1.54) is 16.7 Å². The molecule has 1 atom stereocenters. The van der Waals surface area contributed by atoms with Crippen LogP contribution in [0.1, 0.15) is 44.4 Å². The largest absolute Gasteiger partial charge is 0.444 e. The molecule has 1 saturated heterocycles. The zero-order valence-electron chi connectivity index (χ0n) is 15.6. The van der Waals surface area contributed by atoms with Crippen molar-refractivity contribution < 1.29 is 9.53 Å². The Bertz CT molecular complexity index is 587. The Kier molecular flexibility index (Phi) is 5.97. The van der Waals surface area contributed by atoms with Gasteiger partial charge in [-0.3, -0.25) is 4.90 Å². The normalized spacial score (nSPS) is 19.5. The number of ether oxygens (including phenoxy) is 1. The van der Waals surface area contributed by atoms with Crippen LogP contribution in [0.25, 0.3) is 0 Å². The molecule has 0 radical (unpaired) electrons. The fourth-order valence-corrected chi connectivity index (χ4v) is 3.87. The summed E-state index contributed by atoms with van der Waals surface area (Å²) >= 11 is 3.56. The maximum atomic E-state index is 12.3. The number of piperazine rings is 1. The third-order valence-corrected chi connectivity index (χ3v) is 4.84. The quantitative estimate of drug-likeness (QED) is 0.736. The van der Waals surface area contributed by atoms with E-state index < -0.39 is 5.60 Å². The molecule has 24 heavy (non-hydrogen) atoms. The molecule has 1 heterocycles. The number of carbonyl (C=O) groups excluding carboxylic acids is 1. The predicted octanol–water partition coefficient (Wildman–Crippen LogP) is 4.51. The average molecular weight is 397 g/mol. The first-order chi connectivity index (χ1) is 11.1. The van der Waals surface area contributed by atoms with E-state index in [2.05, 4.69) is 53.7 Å². The molecule has 134 valence electrons. The van der Waals surface area contributed by atoms with Crippen LogP contribution in [0, 0.1) is 13.8 Å². The Morgan fingerprint density at radius 2 is 1.83 bits per heavy atom. The minimum Gasteiger partial charge on any atom is -0.444 e. The van der Waals surface area contributed by atoms with Crippen molar-refractivity contribution in [2.45, 2.75) is 59.7 Å². The second-order valence-corrected chi connectivity index (χ2v) is 8.69. The first-order valence-corrected chi connectivity index (χ1v) is 9.33. The molecule has 1 aromatic rings. The Labute approximate surface area is 154 Å². The van der Waals surface area contributed by atoms with Gasteiger partial charge in [0.1, 0.15) is 5.60 Å². The van der Waals surface area contributed by atoms with Crippen LogP contribution in [-0.4, -0.2) is 47.2 Å². The Balaban J connectivity index is 2.00. The van der Waals surface area contributed by atoms with Crippen LogP contribution >= 0.6 is 15.9 Å². The number of hydrogen-bond donors (Lipinski definition) is 0. The number of halogens is 1. The van der Waals surface area contributed by atoms with Crippen LogP contribution < -0.4 is 0 Å². The van der Waals surface area contributed by atoms with Gasteiger partial charge in [-0.25, -0.2) is 4.79 Å². The lowest BCUT2D eigenvalue weighted by atomic mass is 10.0. The third-order valence-electron chi connectivity index (χ3n) is 4.38. The lowest BCUT2D eigenvalue weighted by molar-refractivity contribution is 0.000512. The lowest BCUT2D eigenvalue weighted by Crippen LogP contribution is -2.54. The Hall–Kier alpha value is -1.07. The van der Waals surface area contributed by atoms with Gasteiger partial charge in [0.25, 0.3) is 0 Å². The summed E-state index contributed by atoms with van der Waals surface area (Å²) in [6.45, 7) is 15.5. The molecule has 0 bridgehead atoms. The minimum atomic E-state index is -0.445. The second kappa shape index (κ2) is 7.44. The lowest BCUT2D eigenvalue weighted by Gasteiger charge is -2.40. The molecule has 1 fully saturated rings. The molecule has 0 spiro atoms. The zero-order chi connectivity index (χ0) is 18.1. The monoisotopic (exact) mass is 396 g/mol. The van der Waals surface area contributed by atoms with E-state index in [-0.39, 0.29) is 12.1 Å². The van der Waals surface area contributed by atoms with Gasteiger partial charge in [0.05, 0.1) is 0 Å². The first-order valence-electron chi connectivity index (χ1n) is 8.54. The maximum absolute atomic E-state index is 12.3. The van der Waals surface area contributed by atoms with Crippen molar-refractivity contribution in [1.29, 1.82) is 0 Å².